The van der Waals surface area contributed by atoms with Gasteiger partial charge in [-0.1, -0.05) is 97.6 Å². The molecule has 2 N–H and O–H groups in total. The number of rotatable bonds is 7. The van der Waals surface area contributed by atoms with Crippen molar-refractivity contribution in [3.8, 4) is 16.9 Å². The standard InChI is InChI=1S/C26H22N2O2/c1-19(22-16-9-13-20-12-5-6-14-23(20)22)27-28-26(29)18-30-25-17-8-7-15-24(25)21-10-3-2-4-11-21/h2-17,27H,1,18H2,(H,28,29). The monoisotopic (exact) mass is 394 g/mol. The molecule has 0 aromatic heterocycles. The molecule has 0 saturated heterocycles. The number of hydrogen-bond acceptors (Lipinski definition) is 3. The number of fused-ring (bicyclic) bond motifs is 1. The molecule has 4 aromatic rings. The van der Waals surface area contributed by atoms with E-state index in [9.17, 15) is 4.79 Å². The Kier molecular flexibility index (Phi) is 5.76. The average Bonchev–Trinajstić information content (AvgIpc) is 2.81. The number of ether oxygens (including phenoxy) is 1. The van der Waals surface area contributed by atoms with E-state index in [1.54, 1.807) is 0 Å². The van der Waals surface area contributed by atoms with E-state index in [0.29, 0.717) is 11.4 Å². The SMILES string of the molecule is C=C(NNC(=O)COc1ccccc1-c1ccccc1)c1cccc2ccccc12. The molecule has 0 bridgehead atoms. The van der Waals surface area contributed by atoms with Crippen LogP contribution in [0, 0.1) is 0 Å². The van der Waals surface area contributed by atoms with Crippen molar-refractivity contribution in [2.24, 2.45) is 0 Å². The number of benzene rings is 4. The van der Waals surface area contributed by atoms with Crippen molar-refractivity contribution in [3.05, 3.63) is 109 Å². The fourth-order valence-electron chi connectivity index (χ4n) is 3.33. The van der Waals surface area contributed by atoms with Crippen LogP contribution in [0.4, 0.5) is 0 Å². The van der Waals surface area contributed by atoms with Gasteiger partial charge in [-0.25, -0.2) is 0 Å². The third-order valence-corrected chi connectivity index (χ3v) is 4.80. The second-order valence-corrected chi connectivity index (χ2v) is 6.83. The zero-order valence-electron chi connectivity index (χ0n) is 16.5. The summed E-state index contributed by atoms with van der Waals surface area (Å²) in [6.45, 7) is 3.94. The Hall–Kier alpha value is -4.05. The topological polar surface area (TPSA) is 50.4 Å². The minimum Gasteiger partial charge on any atom is -0.483 e. The van der Waals surface area contributed by atoms with Crippen molar-refractivity contribution in [2.75, 3.05) is 6.61 Å². The van der Waals surface area contributed by atoms with E-state index >= 15 is 0 Å². The fraction of sp³-hybridized carbons (Fsp3) is 0.0385. The third kappa shape index (κ3) is 4.33. The summed E-state index contributed by atoms with van der Waals surface area (Å²) in [5.41, 5.74) is 9.09. The Morgan fingerprint density at radius 1 is 0.767 bits per heavy atom. The first-order chi connectivity index (χ1) is 14.7. The van der Waals surface area contributed by atoms with Gasteiger partial charge in [0.05, 0.1) is 5.70 Å². The molecule has 0 aliphatic heterocycles. The van der Waals surface area contributed by atoms with Crippen molar-refractivity contribution >= 4 is 22.4 Å². The molecule has 4 nitrogen and oxygen atoms in total. The van der Waals surface area contributed by atoms with E-state index in [1.165, 1.54) is 0 Å². The third-order valence-electron chi connectivity index (χ3n) is 4.80. The highest BCUT2D eigenvalue weighted by molar-refractivity contribution is 5.93. The summed E-state index contributed by atoms with van der Waals surface area (Å²) in [4.78, 5) is 12.3. The van der Waals surface area contributed by atoms with Crippen LogP contribution in [-0.2, 0) is 4.79 Å². The summed E-state index contributed by atoms with van der Waals surface area (Å²) in [5.74, 6) is 0.367. The number of nitrogens with one attached hydrogen (secondary N) is 2. The largest absolute Gasteiger partial charge is 0.483 e. The molecule has 0 aliphatic rings. The number of hydrazine groups is 1. The molecule has 0 atom stereocenters. The molecule has 30 heavy (non-hydrogen) atoms. The van der Waals surface area contributed by atoms with Gasteiger partial charge in [-0.05, 0) is 22.4 Å². The van der Waals surface area contributed by atoms with Gasteiger partial charge in [0.25, 0.3) is 5.91 Å². The molecular weight excluding hydrogens is 372 g/mol. The van der Waals surface area contributed by atoms with Crippen LogP contribution in [0.1, 0.15) is 5.56 Å². The highest BCUT2D eigenvalue weighted by Gasteiger charge is 2.09. The minimum atomic E-state index is -0.292. The summed E-state index contributed by atoms with van der Waals surface area (Å²) in [6, 6.07) is 31.6. The zero-order valence-corrected chi connectivity index (χ0v) is 16.5. The number of amides is 1. The molecule has 0 fully saturated rings. The van der Waals surface area contributed by atoms with Crippen LogP contribution in [0.25, 0.3) is 27.6 Å². The maximum atomic E-state index is 12.3. The molecule has 0 spiro atoms. The van der Waals surface area contributed by atoms with Gasteiger partial charge in [0.2, 0.25) is 0 Å². The molecule has 4 rings (SSSR count). The quantitative estimate of drug-likeness (QED) is 0.425. The lowest BCUT2D eigenvalue weighted by Gasteiger charge is -2.15. The summed E-state index contributed by atoms with van der Waals surface area (Å²) < 4.78 is 5.78. The van der Waals surface area contributed by atoms with Gasteiger partial charge in [-0.3, -0.25) is 15.6 Å². The van der Waals surface area contributed by atoms with Crippen molar-refractivity contribution in [1.29, 1.82) is 0 Å². The second kappa shape index (κ2) is 8.97. The molecule has 0 radical (unpaired) electrons. The molecule has 0 aliphatic carbocycles. The Bertz CT molecular complexity index is 1180. The number of hydrogen-bond donors (Lipinski definition) is 2. The van der Waals surface area contributed by atoms with E-state index in [0.717, 1.165) is 27.5 Å². The molecular formula is C26H22N2O2. The molecule has 4 heteroatoms. The van der Waals surface area contributed by atoms with Crippen molar-refractivity contribution in [2.45, 2.75) is 0 Å². The van der Waals surface area contributed by atoms with Gasteiger partial charge in [-0.15, -0.1) is 0 Å². The van der Waals surface area contributed by atoms with E-state index in [4.69, 9.17) is 4.74 Å². The van der Waals surface area contributed by atoms with Crippen molar-refractivity contribution < 1.29 is 9.53 Å². The van der Waals surface area contributed by atoms with Crippen LogP contribution in [0.5, 0.6) is 5.75 Å². The first-order valence-electron chi connectivity index (χ1n) is 9.71. The Balaban J connectivity index is 1.38. The van der Waals surface area contributed by atoms with Crippen molar-refractivity contribution in [1.82, 2.24) is 10.9 Å². The van der Waals surface area contributed by atoms with Crippen LogP contribution in [-0.4, -0.2) is 12.5 Å². The molecule has 0 heterocycles. The number of carbonyl (C=O) groups excluding carboxylic acids is 1. The lowest BCUT2D eigenvalue weighted by Crippen LogP contribution is -2.39. The van der Waals surface area contributed by atoms with Gasteiger partial charge >= 0.3 is 0 Å². The molecule has 4 aromatic carbocycles. The van der Waals surface area contributed by atoms with E-state index in [1.807, 2.05) is 97.1 Å². The minimum absolute atomic E-state index is 0.111. The predicted molar refractivity (Wildman–Crippen MR) is 122 cm³/mol. The normalized spacial score (nSPS) is 10.4. The number of para-hydroxylation sites is 1. The Labute approximate surface area is 175 Å². The maximum absolute atomic E-state index is 12.3. The van der Waals surface area contributed by atoms with Crippen LogP contribution in [0.15, 0.2) is 104 Å². The van der Waals surface area contributed by atoms with Gasteiger partial charge in [0, 0.05) is 11.1 Å². The smallest absolute Gasteiger partial charge is 0.276 e. The fourth-order valence-corrected chi connectivity index (χ4v) is 3.33. The van der Waals surface area contributed by atoms with Gasteiger partial charge in [0.15, 0.2) is 6.61 Å². The zero-order chi connectivity index (χ0) is 20.8. The highest BCUT2D eigenvalue weighted by Crippen LogP contribution is 2.29. The molecule has 1 amide bonds. The second-order valence-electron chi connectivity index (χ2n) is 6.83. The first-order valence-corrected chi connectivity index (χ1v) is 9.71. The summed E-state index contributed by atoms with van der Waals surface area (Å²) >= 11 is 0. The highest BCUT2D eigenvalue weighted by atomic mass is 16.5. The van der Waals surface area contributed by atoms with Crippen LogP contribution < -0.4 is 15.6 Å². The predicted octanol–water partition coefficient (Wildman–Crippen LogP) is 5.18. The number of carbonyl (C=O) groups is 1. The van der Waals surface area contributed by atoms with Gasteiger partial charge in [-0.2, -0.15) is 0 Å². The summed E-state index contributed by atoms with van der Waals surface area (Å²) in [6.07, 6.45) is 0. The lowest BCUT2D eigenvalue weighted by molar-refractivity contribution is -0.123. The van der Waals surface area contributed by atoms with E-state index in [-0.39, 0.29) is 12.5 Å². The van der Waals surface area contributed by atoms with Crippen LogP contribution >= 0.6 is 0 Å². The van der Waals surface area contributed by atoms with Gasteiger partial charge in [0.1, 0.15) is 5.75 Å². The van der Waals surface area contributed by atoms with Gasteiger partial charge < -0.3 is 4.74 Å². The van der Waals surface area contributed by atoms with Crippen LogP contribution in [0.3, 0.4) is 0 Å². The molecule has 0 saturated carbocycles. The average molecular weight is 394 g/mol. The summed E-state index contributed by atoms with van der Waals surface area (Å²) in [5, 5.41) is 2.19. The maximum Gasteiger partial charge on any atom is 0.276 e. The lowest BCUT2D eigenvalue weighted by atomic mass is 10.0. The Morgan fingerprint density at radius 2 is 1.47 bits per heavy atom. The van der Waals surface area contributed by atoms with E-state index in [2.05, 4.69) is 17.4 Å². The summed E-state index contributed by atoms with van der Waals surface area (Å²) in [7, 11) is 0. The Morgan fingerprint density at radius 3 is 2.33 bits per heavy atom. The molecule has 0 unspecified atom stereocenters. The van der Waals surface area contributed by atoms with E-state index < -0.39 is 0 Å². The molecule has 148 valence electrons. The first kappa shape index (κ1) is 19.3. The van der Waals surface area contributed by atoms with Crippen molar-refractivity contribution in [3.63, 3.8) is 0 Å². The van der Waals surface area contributed by atoms with Crippen LogP contribution in [0.2, 0.25) is 0 Å².